The highest BCUT2D eigenvalue weighted by molar-refractivity contribution is 6.45. The maximum absolute atomic E-state index is 9.17. The summed E-state index contributed by atoms with van der Waals surface area (Å²) in [6.07, 6.45) is 8.78. The van der Waals surface area contributed by atoms with Crippen LogP contribution in [0.2, 0.25) is 6.82 Å². The van der Waals surface area contributed by atoms with E-state index in [9.17, 15) is 5.11 Å². The van der Waals surface area contributed by atoms with E-state index in [2.05, 4.69) is 12.2 Å². The third-order valence-electron chi connectivity index (χ3n) is 4.23. The van der Waals surface area contributed by atoms with Crippen LogP contribution in [-0.2, 0) is 0 Å². The fraction of sp³-hybridized carbons (Fsp3) is 1.00. The number of hydrogen-bond donors (Lipinski definition) is 4. The first-order valence-electron chi connectivity index (χ1n) is 7.85. The number of hydrogen-bond acceptors (Lipinski definition) is 4. The Hall–Kier alpha value is -0.0951. The van der Waals surface area contributed by atoms with Crippen molar-refractivity contribution < 1.29 is 10.1 Å². The molecular formula is C14H31BN2O2. The molecule has 0 heterocycles. The minimum atomic E-state index is -0.421. The Kier molecular flexibility index (Phi) is 7.99. The summed E-state index contributed by atoms with van der Waals surface area (Å²) in [4.78, 5) is 0. The van der Waals surface area contributed by atoms with Gasteiger partial charge in [0.15, 0.2) is 0 Å². The quantitative estimate of drug-likeness (QED) is 0.574. The normalized spacial score (nSPS) is 35.2. The molecule has 0 amide bonds. The lowest BCUT2D eigenvalue weighted by Crippen LogP contribution is -2.42. The van der Waals surface area contributed by atoms with E-state index in [0.717, 1.165) is 31.6 Å². The van der Waals surface area contributed by atoms with Gasteiger partial charge in [-0.25, -0.2) is 0 Å². The van der Waals surface area contributed by atoms with Crippen molar-refractivity contribution in [3.8, 4) is 0 Å². The SMILES string of the molecule is CB(O)NC1CCC(O)CC1.CC1CCC(N)CC1. The van der Waals surface area contributed by atoms with E-state index in [-0.39, 0.29) is 6.10 Å². The van der Waals surface area contributed by atoms with Crippen LogP contribution in [-0.4, -0.2) is 35.4 Å². The molecule has 5 heteroatoms. The molecule has 0 atom stereocenters. The van der Waals surface area contributed by atoms with Gasteiger partial charge in [0, 0.05) is 6.04 Å². The van der Waals surface area contributed by atoms with Gasteiger partial charge in [-0.1, -0.05) is 6.92 Å². The lowest BCUT2D eigenvalue weighted by Gasteiger charge is -2.26. The highest BCUT2D eigenvalue weighted by Crippen LogP contribution is 2.21. The Labute approximate surface area is 118 Å². The maximum atomic E-state index is 9.17. The van der Waals surface area contributed by atoms with E-state index >= 15 is 0 Å². The molecule has 2 saturated carbocycles. The topological polar surface area (TPSA) is 78.5 Å². The van der Waals surface area contributed by atoms with Crippen molar-refractivity contribution in [3.63, 3.8) is 0 Å². The summed E-state index contributed by atoms with van der Waals surface area (Å²) in [5, 5.41) is 21.2. The first kappa shape index (κ1) is 17.0. The van der Waals surface area contributed by atoms with Gasteiger partial charge < -0.3 is 21.1 Å². The summed E-state index contributed by atoms with van der Waals surface area (Å²) in [5.41, 5.74) is 5.70. The largest absolute Gasteiger partial charge is 0.437 e. The molecule has 4 nitrogen and oxygen atoms in total. The molecule has 0 bridgehead atoms. The molecule has 112 valence electrons. The van der Waals surface area contributed by atoms with Gasteiger partial charge in [-0.2, -0.15) is 0 Å². The van der Waals surface area contributed by atoms with Gasteiger partial charge >= 0.3 is 7.05 Å². The zero-order valence-corrected chi connectivity index (χ0v) is 12.5. The van der Waals surface area contributed by atoms with Crippen molar-refractivity contribution in [2.75, 3.05) is 0 Å². The summed E-state index contributed by atoms with van der Waals surface area (Å²) in [7, 11) is -0.421. The van der Waals surface area contributed by atoms with Crippen molar-refractivity contribution in [1.82, 2.24) is 5.23 Å². The second kappa shape index (κ2) is 8.95. The Bertz CT molecular complexity index is 215. The Morgan fingerprint density at radius 2 is 1.53 bits per heavy atom. The summed E-state index contributed by atoms with van der Waals surface area (Å²) in [6, 6.07) is 0.921. The molecule has 2 aliphatic carbocycles. The molecule has 2 rings (SSSR count). The molecule has 0 spiro atoms. The van der Waals surface area contributed by atoms with Gasteiger partial charge in [-0.15, -0.1) is 0 Å². The zero-order valence-electron chi connectivity index (χ0n) is 12.5. The number of aliphatic hydroxyl groups is 1. The molecule has 0 aromatic heterocycles. The van der Waals surface area contributed by atoms with Crippen LogP contribution in [0.25, 0.3) is 0 Å². The first-order chi connectivity index (χ1) is 8.97. The third-order valence-corrected chi connectivity index (χ3v) is 4.23. The van der Waals surface area contributed by atoms with Crippen molar-refractivity contribution in [2.45, 2.75) is 83.3 Å². The van der Waals surface area contributed by atoms with Gasteiger partial charge in [0.25, 0.3) is 0 Å². The number of rotatable bonds is 2. The van der Waals surface area contributed by atoms with E-state index in [1.165, 1.54) is 25.7 Å². The predicted molar refractivity (Wildman–Crippen MR) is 80.8 cm³/mol. The third kappa shape index (κ3) is 7.93. The summed E-state index contributed by atoms with van der Waals surface area (Å²) in [6.45, 7) is 4.04. The smallest absolute Gasteiger partial charge is 0.373 e. The van der Waals surface area contributed by atoms with E-state index < -0.39 is 7.05 Å². The molecule has 2 fully saturated rings. The highest BCUT2D eigenvalue weighted by atomic mass is 16.3. The van der Waals surface area contributed by atoms with Gasteiger partial charge in [0.2, 0.25) is 0 Å². The summed E-state index contributed by atoms with van der Waals surface area (Å²) < 4.78 is 0. The Balaban J connectivity index is 0.000000200. The maximum Gasteiger partial charge on any atom is 0.373 e. The molecule has 0 aromatic carbocycles. The van der Waals surface area contributed by atoms with Crippen LogP contribution in [0.4, 0.5) is 0 Å². The molecule has 0 radical (unpaired) electrons. The molecular weight excluding hydrogens is 239 g/mol. The Morgan fingerprint density at radius 3 is 1.95 bits per heavy atom. The number of aliphatic hydroxyl groups excluding tert-OH is 1. The van der Waals surface area contributed by atoms with Crippen LogP contribution in [0.1, 0.15) is 58.3 Å². The second-order valence-corrected chi connectivity index (χ2v) is 6.37. The van der Waals surface area contributed by atoms with E-state index in [4.69, 9.17) is 10.8 Å². The minimum Gasteiger partial charge on any atom is -0.437 e. The van der Waals surface area contributed by atoms with Crippen LogP contribution >= 0.6 is 0 Å². The average molecular weight is 270 g/mol. The Morgan fingerprint density at radius 1 is 1.00 bits per heavy atom. The highest BCUT2D eigenvalue weighted by Gasteiger charge is 2.20. The molecule has 2 aliphatic rings. The van der Waals surface area contributed by atoms with Crippen molar-refractivity contribution in [3.05, 3.63) is 0 Å². The average Bonchev–Trinajstić information content (AvgIpc) is 2.36. The van der Waals surface area contributed by atoms with E-state index in [1.54, 1.807) is 6.82 Å². The second-order valence-electron chi connectivity index (χ2n) is 6.37. The standard InChI is InChI=1S/C7H16BNO2.C7H15N/c1-8(11)9-6-2-4-7(10)5-3-6;1-6-2-4-7(8)5-3-6/h6-7,9-11H,2-5H2,1H3;6-7H,2-5,8H2,1H3. The van der Waals surface area contributed by atoms with Gasteiger partial charge in [-0.3, -0.25) is 0 Å². The fourth-order valence-electron chi connectivity index (χ4n) is 2.87. The number of nitrogens with two attached hydrogens (primary N) is 1. The van der Waals surface area contributed by atoms with Gasteiger partial charge in [-0.05, 0) is 70.1 Å². The first-order valence-corrected chi connectivity index (χ1v) is 7.85. The molecule has 0 aromatic rings. The molecule has 0 saturated heterocycles. The van der Waals surface area contributed by atoms with Crippen molar-refractivity contribution in [1.29, 1.82) is 0 Å². The van der Waals surface area contributed by atoms with Gasteiger partial charge in [0.1, 0.15) is 0 Å². The molecule has 19 heavy (non-hydrogen) atoms. The zero-order chi connectivity index (χ0) is 14.3. The summed E-state index contributed by atoms with van der Waals surface area (Å²) in [5.74, 6) is 0.940. The lowest BCUT2D eigenvalue weighted by atomic mass is 9.83. The van der Waals surface area contributed by atoms with Crippen molar-refractivity contribution >= 4 is 7.05 Å². The van der Waals surface area contributed by atoms with Crippen LogP contribution in [0.5, 0.6) is 0 Å². The number of nitrogens with one attached hydrogen (secondary N) is 1. The van der Waals surface area contributed by atoms with E-state index in [1.807, 2.05) is 0 Å². The summed E-state index contributed by atoms with van der Waals surface area (Å²) >= 11 is 0. The van der Waals surface area contributed by atoms with Crippen LogP contribution in [0.15, 0.2) is 0 Å². The molecule has 5 N–H and O–H groups in total. The predicted octanol–water partition coefficient (Wildman–Crippen LogP) is 1.51. The monoisotopic (exact) mass is 270 g/mol. The minimum absolute atomic E-state index is 0.109. The molecule has 0 aliphatic heterocycles. The fourth-order valence-corrected chi connectivity index (χ4v) is 2.87. The van der Waals surface area contributed by atoms with Crippen LogP contribution < -0.4 is 11.0 Å². The van der Waals surface area contributed by atoms with Gasteiger partial charge in [0.05, 0.1) is 6.10 Å². The van der Waals surface area contributed by atoms with E-state index in [0.29, 0.717) is 12.1 Å². The van der Waals surface area contributed by atoms with Crippen LogP contribution in [0.3, 0.4) is 0 Å². The van der Waals surface area contributed by atoms with Crippen LogP contribution in [0, 0.1) is 5.92 Å². The lowest BCUT2D eigenvalue weighted by molar-refractivity contribution is 0.120. The molecule has 0 unspecified atom stereocenters. The van der Waals surface area contributed by atoms with Crippen molar-refractivity contribution in [2.24, 2.45) is 11.7 Å².